The van der Waals surface area contributed by atoms with E-state index in [1.54, 1.807) is 40.0 Å². The second-order valence-corrected chi connectivity index (χ2v) is 6.80. The number of ether oxygens (including phenoxy) is 1. The van der Waals surface area contributed by atoms with E-state index in [1.165, 1.54) is 11.0 Å². The molecule has 0 saturated carbocycles. The summed E-state index contributed by atoms with van der Waals surface area (Å²) in [5.41, 5.74) is 0.473. The van der Waals surface area contributed by atoms with Gasteiger partial charge in [0.1, 0.15) is 17.4 Å². The second kappa shape index (κ2) is 6.98. The first-order valence-electron chi connectivity index (χ1n) is 8.02. The summed E-state index contributed by atoms with van der Waals surface area (Å²) in [6.07, 6.45) is 0.887. The average Bonchev–Trinajstić information content (AvgIpc) is 2.97. The minimum atomic E-state index is -0.598. The Kier molecular flexibility index (Phi) is 5.21. The number of anilines is 2. The van der Waals surface area contributed by atoms with Crippen molar-refractivity contribution >= 4 is 23.4 Å². The number of carbonyl (C=O) groups is 2. The molecule has 2 amide bonds. The molecule has 1 aromatic rings. The van der Waals surface area contributed by atoms with Gasteiger partial charge in [-0.1, -0.05) is 0 Å². The van der Waals surface area contributed by atoms with Crippen molar-refractivity contribution in [2.75, 3.05) is 24.2 Å². The molecular formula is C17H25N3O4. The Balaban J connectivity index is 2.07. The molecule has 1 aromatic carbocycles. The molecule has 1 aliphatic heterocycles. The lowest BCUT2D eigenvalue weighted by Gasteiger charge is -2.28. The summed E-state index contributed by atoms with van der Waals surface area (Å²) >= 11 is 0. The minimum absolute atomic E-state index is 0.103. The highest BCUT2D eigenvalue weighted by molar-refractivity contribution is 5.97. The van der Waals surface area contributed by atoms with Gasteiger partial charge in [0.2, 0.25) is 5.91 Å². The van der Waals surface area contributed by atoms with Crippen LogP contribution < -0.4 is 10.6 Å². The molecule has 7 nitrogen and oxygen atoms in total. The van der Waals surface area contributed by atoms with Crippen LogP contribution in [0.25, 0.3) is 0 Å². The highest BCUT2D eigenvalue weighted by Gasteiger charge is 2.36. The quantitative estimate of drug-likeness (QED) is 0.584. The summed E-state index contributed by atoms with van der Waals surface area (Å²) in [7, 11) is 1.68. The number of phenolic OH excluding ortho intramolecular Hbond substituents is 1. The van der Waals surface area contributed by atoms with Crippen LogP contribution in [0.5, 0.6) is 5.75 Å². The van der Waals surface area contributed by atoms with Crippen molar-refractivity contribution in [3.63, 3.8) is 0 Å². The number of hydrogen-bond acceptors (Lipinski definition) is 5. The zero-order valence-electron chi connectivity index (χ0n) is 14.5. The van der Waals surface area contributed by atoms with Crippen LogP contribution >= 0.6 is 0 Å². The number of hydrogen-bond donors (Lipinski definition) is 3. The largest absolute Gasteiger partial charge is 0.506 e. The average molecular weight is 335 g/mol. The Hall–Kier alpha value is -2.44. The van der Waals surface area contributed by atoms with Crippen LogP contribution in [0.4, 0.5) is 16.2 Å². The minimum Gasteiger partial charge on any atom is -0.506 e. The molecule has 0 bridgehead atoms. The van der Waals surface area contributed by atoms with Crippen molar-refractivity contribution in [1.82, 2.24) is 4.90 Å². The molecule has 1 atom stereocenters. The number of rotatable bonds is 3. The Morgan fingerprint density at radius 1 is 1.33 bits per heavy atom. The third-order valence-corrected chi connectivity index (χ3v) is 3.72. The third kappa shape index (κ3) is 4.31. The van der Waals surface area contributed by atoms with Crippen molar-refractivity contribution in [2.45, 2.75) is 45.3 Å². The van der Waals surface area contributed by atoms with Gasteiger partial charge in [-0.2, -0.15) is 0 Å². The molecule has 132 valence electrons. The monoisotopic (exact) mass is 335 g/mol. The van der Waals surface area contributed by atoms with Gasteiger partial charge in [-0.05, 0) is 51.8 Å². The van der Waals surface area contributed by atoms with E-state index in [1.807, 2.05) is 0 Å². The lowest BCUT2D eigenvalue weighted by atomic mass is 10.2. The molecule has 1 saturated heterocycles. The first-order chi connectivity index (χ1) is 11.2. The highest BCUT2D eigenvalue weighted by Crippen LogP contribution is 2.27. The molecule has 1 heterocycles. The van der Waals surface area contributed by atoms with Crippen molar-refractivity contribution < 1.29 is 19.4 Å². The molecule has 0 unspecified atom stereocenters. The number of aromatic hydroxyl groups is 1. The summed E-state index contributed by atoms with van der Waals surface area (Å²) in [6, 6.07) is 4.20. The summed E-state index contributed by atoms with van der Waals surface area (Å²) < 4.78 is 5.37. The maximum Gasteiger partial charge on any atom is 0.410 e. The summed E-state index contributed by atoms with van der Waals surface area (Å²) in [4.78, 5) is 26.3. The topological polar surface area (TPSA) is 90.9 Å². The molecule has 3 N–H and O–H groups in total. The number of benzene rings is 1. The summed E-state index contributed by atoms with van der Waals surface area (Å²) in [5.74, 6) is -0.155. The van der Waals surface area contributed by atoms with Crippen molar-refractivity contribution in [3.8, 4) is 5.75 Å². The zero-order valence-corrected chi connectivity index (χ0v) is 14.5. The standard InChI is InChI=1S/C17H25N3O4/c1-17(2,3)24-16(23)20-9-5-6-13(20)15(22)19-11-7-8-14(21)12(10-11)18-4/h7-8,10,13,18,21H,5-6,9H2,1-4H3,(H,19,22)/t13-/m0/s1. The van der Waals surface area contributed by atoms with E-state index in [0.717, 1.165) is 6.42 Å². The Bertz CT molecular complexity index is 625. The first-order valence-corrected chi connectivity index (χ1v) is 8.02. The Morgan fingerprint density at radius 3 is 2.67 bits per heavy atom. The fraction of sp³-hybridized carbons (Fsp3) is 0.529. The molecule has 2 rings (SSSR count). The van der Waals surface area contributed by atoms with Crippen LogP contribution in [-0.4, -0.2) is 47.2 Å². The number of nitrogens with one attached hydrogen (secondary N) is 2. The van der Waals surface area contributed by atoms with E-state index in [0.29, 0.717) is 24.3 Å². The van der Waals surface area contributed by atoms with Gasteiger partial charge in [-0.3, -0.25) is 9.69 Å². The summed E-state index contributed by atoms with van der Waals surface area (Å²) in [5, 5.41) is 15.3. The second-order valence-electron chi connectivity index (χ2n) is 6.80. The van der Waals surface area contributed by atoms with Crippen molar-refractivity contribution in [3.05, 3.63) is 18.2 Å². The molecule has 7 heteroatoms. The van der Waals surface area contributed by atoms with Gasteiger partial charge in [-0.25, -0.2) is 4.79 Å². The van der Waals surface area contributed by atoms with E-state index >= 15 is 0 Å². The van der Waals surface area contributed by atoms with E-state index < -0.39 is 17.7 Å². The van der Waals surface area contributed by atoms with Gasteiger partial charge in [0.25, 0.3) is 0 Å². The molecule has 1 aliphatic rings. The molecule has 1 fully saturated rings. The van der Waals surface area contributed by atoms with Gasteiger partial charge in [-0.15, -0.1) is 0 Å². The smallest absolute Gasteiger partial charge is 0.410 e. The molecular weight excluding hydrogens is 310 g/mol. The molecule has 0 spiro atoms. The Morgan fingerprint density at radius 2 is 2.04 bits per heavy atom. The SMILES string of the molecule is CNc1cc(NC(=O)[C@@H]2CCCN2C(=O)OC(C)(C)C)ccc1O. The fourth-order valence-electron chi connectivity index (χ4n) is 2.62. The first kappa shape index (κ1) is 17.9. The zero-order chi connectivity index (χ0) is 17.9. The molecule has 24 heavy (non-hydrogen) atoms. The predicted octanol–water partition coefficient (Wildman–Crippen LogP) is 2.77. The van der Waals surface area contributed by atoms with Crippen LogP contribution in [-0.2, 0) is 9.53 Å². The summed E-state index contributed by atoms with van der Waals surface area (Å²) in [6.45, 7) is 5.90. The number of phenols is 1. The van der Waals surface area contributed by atoms with Gasteiger partial charge in [0, 0.05) is 19.3 Å². The van der Waals surface area contributed by atoms with Crippen LogP contribution in [0.15, 0.2) is 18.2 Å². The third-order valence-electron chi connectivity index (χ3n) is 3.72. The number of likely N-dealkylation sites (tertiary alicyclic amines) is 1. The van der Waals surface area contributed by atoms with E-state index in [9.17, 15) is 14.7 Å². The van der Waals surface area contributed by atoms with Gasteiger partial charge in [0.05, 0.1) is 5.69 Å². The molecule has 0 aromatic heterocycles. The molecule has 0 aliphatic carbocycles. The lowest BCUT2D eigenvalue weighted by molar-refractivity contribution is -0.120. The van der Waals surface area contributed by atoms with Crippen LogP contribution in [0.1, 0.15) is 33.6 Å². The van der Waals surface area contributed by atoms with Crippen LogP contribution in [0.2, 0.25) is 0 Å². The molecule has 0 radical (unpaired) electrons. The highest BCUT2D eigenvalue weighted by atomic mass is 16.6. The van der Waals surface area contributed by atoms with Crippen molar-refractivity contribution in [2.24, 2.45) is 0 Å². The van der Waals surface area contributed by atoms with Gasteiger partial charge >= 0.3 is 6.09 Å². The lowest BCUT2D eigenvalue weighted by Crippen LogP contribution is -2.45. The normalized spacial score (nSPS) is 17.5. The van der Waals surface area contributed by atoms with E-state index in [2.05, 4.69) is 10.6 Å². The number of nitrogens with zero attached hydrogens (tertiary/aromatic N) is 1. The van der Waals surface area contributed by atoms with Gasteiger partial charge < -0.3 is 20.5 Å². The van der Waals surface area contributed by atoms with Crippen LogP contribution in [0, 0.1) is 0 Å². The fourth-order valence-corrected chi connectivity index (χ4v) is 2.62. The van der Waals surface area contributed by atoms with Crippen LogP contribution in [0.3, 0.4) is 0 Å². The van der Waals surface area contributed by atoms with Gasteiger partial charge in [0.15, 0.2) is 0 Å². The maximum absolute atomic E-state index is 12.5. The van der Waals surface area contributed by atoms with Crippen molar-refractivity contribution in [1.29, 1.82) is 0 Å². The number of carbonyl (C=O) groups excluding carboxylic acids is 2. The maximum atomic E-state index is 12.5. The number of amides is 2. The van der Waals surface area contributed by atoms with E-state index in [-0.39, 0.29) is 11.7 Å². The van der Waals surface area contributed by atoms with E-state index in [4.69, 9.17) is 4.74 Å². The Labute approximate surface area is 142 Å². The predicted molar refractivity (Wildman–Crippen MR) is 92.2 cm³/mol.